The number of aryl methyl sites for hydroxylation is 1. The van der Waals surface area contributed by atoms with E-state index in [1.54, 1.807) is 6.07 Å². The van der Waals surface area contributed by atoms with Gasteiger partial charge in [0, 0.05) is 50.8 Å². The van der Waals surface area contributed by atoms with Crippen LogP contribution in [-0.2, 0) is 16.1 Å². The van der Waals surface area contributed by atoms with E-state index in [4.69, 9.17) is 4.74 Å². The summed E-state index contributed by atoms with van der Waals surface area (Å²) in [6, 6.07) is 11.8. The highest BCUT2D eigenvalue weighted by Crippen LogP contribution is 2.35. The van der Waals surface area contributed by atoms with Crippen LogP contribution < -0.4 is 0 Å². The molecule has 1 heterocycles. The number of hydrogen-bond donors (Lipinski definition) is 0. The third kappa shape index (κ3) is 5.89. The standard InChI is InChI=1S/C25H32F2N2O2/c1-17(2)29(25(30)16-31-4)14-21-13-28(12-20-11-18(3)5-10-24(20)27)15-23(21)19-6-8-22(26)9-7-19/h5-11,17,21,23H,12-16H2,1-4H3. The van der Waals surface area contributed by atoms with Crippen molar-refractivity contribution in [2.24, 2.45) is 5.92 Å². The molecule has 0 spiro atoms. The molecule has 0 N–H and O–H groups in total. The fourth-order valence-electron chi connectivity index (χ4n) is 4.49. The predicted molar refractivity (Wildman–Crippen MR) is 118 cm³/mol. The molecule has 0 aromatic heterocycles. The largest absolute Gasteiger partial charge is 0.375 e. The van der Waals surface area contributed by atoms with Crippen molar-refractivity contribution in [3.63, 3.8) is 0 Å². The SMILES string of the molecule is COCC(=O)N(CC1CN(Cc2cc(C)ccc2F)CC1c1ccc(F)cc1)C(C)C. The molecule has 4 nitrogen and oxygen atoms in total. The molecule has 2 atom stereocenters. The zero-order valence-electron chi connectivity index (χ0n) is 18.8. The lowest BCUT2D eigenvalue weighted by Gasteiger charge is -2.31. The van der Waals surface area contributed by atoms with Crippen LogP contribution in [-0.4, -0.2) is 55.1 Å². The third-order valence-corrected chi connectivity index (χ3v) is 6.05. The van der Waals surface area contributed by atoms with E-state index in [2.05, 4.69) is 4.90 Å². The number of carbonyl (C=O) groups is 1. The Morgan fingerprint density at radius 1 is 1.16 bits per heavy atom. The zero-order valence-corrected chi connectivity index (χ0v) is 18.8. The molecule has 1 fully saturated rings. The molecule has 1 aliphatic rings. The highest BCUT2D eigenvalue weighted by molar-refractivity contribution is 5.77. The highest BCUT2D eigenvalue weighted by atomic mass is 19.1. The normalized spacial score (nSPS) is 19.2. The van der Waals surface area contributed by atoms with Crippen LogP contribution in [0.1, 0.15) is 36.5 Å². The molecular formula is C25H32F2N2O2. The number of rotatable bonds is 8. The molecule has 1 saturated heterocycles. The summed E-state index contributed by atoms with van der Waals surface area (Å²) in [5.74, 6) is -0.229. The predicted octanol–water partition coefficient (Wildman–Crippen LogP) is 4.37. The van der Waals surface area contributed by atoms with Crippen molar-refractivity contribution in [1.29, 1.82) is 0 Å². The summed E-state index contributed by atoms with van der Waals surface area (Å²) in [4.78, 5) is 16.7. The molecular weight excluding hydrogens is 398 g/mol. The first kappa shape index (κ1) is 23.4. The van der Waals surface area contributed by atoms with Crippen LogP contribution in [0.5, 0.6) is 0 Å². The molecule has 6 heteroatoms. The van der Waals surface area contributed by atoms with Crippen molar-refractivity contribution in [2.75, 3.05) is 33.4 Å². The summed E-state index contributed by atoms with van der Waals surface area (Å²) >= 11 is 0. The lowest BCUT2D eigenvalue weighted by Crippen LogP contribution is -2.43. The van der Waals surface area contributed by atoms with Crippen molar-refractivity contribution in [3.8, 4) is 0 Å². The molecule has 0 aliphatic carbocycles. The molecule has 3 rings (SSSR count). The minimum atomic E-state index is -0.268. The summed E-state index contributed by atoms with van der Waals surface area (Å²) in [6.45, 7) is 8.55. The van der Waals surface area contributed by atoms with E-state index in [1.807, 2.05) is 43.9 Å². The van der Waals surface area contributed by atoms with Gasteiger partial charge in [0.2, 0.25) is 5.91 Å². The van der Waals surface area contributed by atoms with Gasteiger partial charge in [-0.3, -0.25) is 9.69 Å². The van der Waals surface area contributed by atoms with Gasteiger partial charge in [0.15, 0.2) is 0 Å². The first-order valence-electron chi connectivity index (χ1n) is 10.8. The topological polar surface area (TPSA) is 32.8 Å². The maximum absolute atomic E-state index is 14.4. The van der Waals surface area contributed by atoms with E-state index in [-0.39, 0.29) is 42.0 Å². The summed E-state index contributed by atoms with van der Waals surface area (Å²) < 4.78 is 32.9. The van der Waals surface area contributed by atoms with Crippen molar-refractivity contribution in [2.45, 2.75) is 39.3 Å². The minimum absolute atomic E-state index is 0.0415. The Bertz CT molecular complexity index is 886. The van der Waals surface area contributed by atoms with E-state index in [1.165, 1.54) is 25.3 Å². The molecule has 0 bridgehead atoms. The highest BCUT2D eigenvalue weighted by Gasteiger charge is 2.36. The number of nitrogens with zero attached hydrogens (tertiary/aromatic N) is 2. The Morgan fingerprint density at radius 3 is 2.52 bits per heavy atom. The van der Waals surface area contributed by atoms with Crippen LogP contribution >= 0.6 is 0 Å². The fraction of sp³-hybridized carbons (Fsp3) is 0.480. The van der Waals surface area contributed by atoms with Crippen molar-refractivity contribution >= 4 is 5.91 Å². The van der Waals surface area contributed by atoms with Crippen molar-refractivity contribution < 1.29 is 18.3 Å². The summed E-state index contributed by atoms with van der Waals surface area (Å²) in [5, 5.41) is 0. The van der Waals surface area contributed by atoms with Crippen LogP contribution in [0, 0.1) is 24.5 Å². The number of benzene rings is 2. The number of likely N-dealkylation sites (tertiary alicyclic amines) is 1. The number of amides is 1. The van der Waals surface area contributed by atoms with Crippen LogP contribution in [0.25, 0.3) is 0 Å². The molecule has 1 amide bonds. The molecule has 2 aromatic carbocycles. The molecule has 2 aromatic rings. The van der Waals surface area contributed by atoms with E-state index in [0.717, 1.165) is 24.2 Å². The van der Waals surface area contributed by atoms with Crippen LogP contribution in [0.15, 0.2) is 42.5 Å². The van der Waals surface area contributed by atoms with E-state index >= 15 is 0 Å². The second-order valence-corrected chi connectivity index (χ2v) is 8.78. The number of methoxy groups -OCH3 is 1. The average Bonchev–Trinajstić information content (AvgIpc) is 3.11. The minimum Gasteiger partial charge on any atom is -0.375 e. The second kappa shape index (κ2) is 10.3. The lowest BCUT2D eigenvalue weighted by molar-refractivity contribution is -0.137. The molecule has 168 valence electrons. The average molecular weight is 431 g/mol. The molecule has 1 aliphatic heterocycles. The van der Waals surface area contributed by atoms with Gasteiger partial charge >= 0.3 is 0 Å². The van der Waals surface area contributed by atoms with E-state index in [9.17, 15) is 13.6 Å². The van der Waals surface area contributed by atoms with Crippen LogP contribution in [0.2, 0.25) is 0 Å². The van der Waals surface area contributed by atoms with Gasteiger partial charge in [-0.05, 0) is 50.5 Å². The lowest BCUT2D eigenvalue weighted by atomic mass is 9.88. The van der Waals surface area contributed by atoms with E-state index < -0.39 is 0 Å². The Kier molecular flexibility index (Phi) is 7.79. The Balaban J connectivity index is 1.83. The van der Waals surface area contributed by atoms with Gasteiger partial charge in [0.1, 0.15) is 18.2 Å². The maximum atomic E-state index is 14.4. The van der Waals surface area contributed by atoms with E-state index in [0.29, 0.717) is 18.7 Å². The van der Waals surface area contributed by atoms with Gasteiger partial charge in [-0.2, -0.15) is 0 Å². The van der Waals surface area contributed by atoms with Gasteiger partial charge in [-0.15, -0.1) is 0 Å². The molecule has 2 unspecified atom stereocenters. The maximum Gasteiger partial charge on any atom is 0.248 e. The Morgan fingerprint density at radius 2 is 1.87 bits per heavy atom. The summed E-state index contributed by atoms with van der Waals surface area (Å²) in [7, 11) is 1.52. The Labute approximate surface area is 183 Å². The van der Waals surface area contributed by atoms with Gasteiger partial charge in [-0.25, -0.2) is 8.78 Å². The fourth-order valence-corrected chi connectivity index (χ4v) is 4.49. The molecule has 0 saturated carbocycles. The molecule has 31 heavy (non-hydrogen) atoms. The number of carbonyl (C=O) groups excluding carboxylic acids is 1. The zero-order chi connectivity index (χ0) is 22.5. The van der Waals surface area contributed by atoms with Crippen molar-refractivity contribution in [1.82, 2.24) is 9.80 Å². The third-order valence-electron chi connectivity index (χ3n) is 6.05. The van der Waals surface area contributed by atoms with Gasteiger partial charge < -0.3 is 9.64 Å². The van der Waals surface area contributed by atoms with Crippen LogP contribution in [0.4, 0.5) is 8.78 Å². The van der Waals surface area contributed by atoms with Crippen LogP contribution in [0.3, 0.4) is 0 Å². The summed E-state index contributed by atoms with van der Waals surface area (Å²) in [5.41, 5.74) is 2.74. The quantitative estimate of drug-likeness (QED) is 0.623. The monoisotopic (exact) mass is 430 g/mol. The van der Waals surface area contributed by atoms with Gasteiger partial charge in [0.25, 0.3) is 0 Å². The smallest absolute Gasteiger partial charge is 0.248 e. The second-order valence-electron chi connectivity index (χ2n) is 8.78. The van der Waals surface area contributed by atoms with Gasteiger partial charge in [0.05, 0.1) is 0 Å². The van der Waals surface area contributed by atoms with Gasteiger partial charge in [-0.1, -0.05) is 29.8 Å². The molecule has 0 radical (unpaired) electrons. The number of ether oxygens (including phenoxy) is 1. The Hall–Kier alpha value is -2.31. The number of halogens is 2. The van der Waals surface area contributed by atoms with Crippen molar-refractivity contribution in [3.05, 3.63) is 70.8 Å². The first-order chi connectivity index (χ1) is 14.8. The first-order valence-corrected chi connectivity index (χ1v) is 10.8. The summed E-state index contributed by atoms with van der Waals surface area (Å²) in [6.07, 6.45) is 0. The number of hydrogen-bond acceptors (Lipinski definition) is 3.